The van der Waals surface area contributed by atoms with Crippen molar-refractivity contribution in [2.24, 2.45) is 0 Å². The Hall–Kier alpha value is -2.43. The minimum absolute atomic E-state index is 0.0103. The van der Waals surface area contributed by atoms with Crippen molar-refractivity contribution in [2.45, 2.75) is 20.0 Å². The van der Waals surface area contributed by atoms with Gasteiger partial charge in [0.05, 0.1) is 30.3 Å². The maximum absolute atomic E-state index is 13.8. The van der Waals surface area contributed by atoms with E-state index in [1.54, 1.807) is 30.3 Å². The molecule has 0 fully saturated rings. The van der Waals surface area contributed by atoms with Crippen molar-refractivity contribution in [1.29, 1.82) is 0 Å². The zero-order chi connectivity index (χ0) is 15.4. The second kappa shape index (κ2) is 6.35. The van der Waals surface area contributed by atoms with Gasteiger partial charge in [-0.15, -0.1) is 0 Å². The Kier molecular flexibility index (Phi) is 4.52. The van der Waals surface area contributed by atoms with Gasteiger partial charge in [0, 0.05) is 6.07 Å². The van der Waals surface area contributed by atoms with Gasteiger partial charge in [-0.25, -0.2) is 4.39 Å². The minimum Gasteiger partial charge on any atom is -0.497 e. The summed E-state index contributed by atoms with van der Waals surface area (Å²) in [6.07, 6.45) is 0.0103. The quantitative estimate of drug-likeness (QED) is 0.819. The van der Waals surface area contributed by atoms with E-state index in [9.17, 15) is 4.39 Å². The lowest BCUT2D eigenvalue weighted by Crippen LogP contribution is -2.08. The summed E-state index contributed by atoms with van der Waals surface area (Å²) in [4.78, 5) is 0. The lowest BCUT2D eigenvalue weighted by Gasteiger charge is -2.16. The smallest absolute Gasteiger partial charge is 0.146 e. The average molecular weight is 290 g/mol. The predicted octanol–water partition coefficient (Wildman–Crippen LogP) is 3.95. The van der Waals surface area contributed by atoms with Crippen molar-refractivity contribution in [3.63, 3.8) is 0 Å². The van der Waals surface area contributed by atoms with Crippen LogP contribution in [0.2, 0.25) is 0 Å². The first-order valence-corrected chi connectivity index (χ1v) is 6.67. The minimum atomic E-state index is -0.384. The van der Waals surface area contributed by atoms with Crippen molar-refractivity contribution < 1.29 is 13.9 Å². The Balaban J connectivity index is 2.31. The number of benzene rings is 2. The Morgan fingerprint density at radius 1 is 1.14 bits per heavy atom. The van der Waals surface area contributed by atoms with E-state index in [-0.39, 0.29) is 11.9 Å². The number of anilines is 3. The van der Waals surface area contributed by atoms with Crippen LogP contribution in [0.3, 0.4) is 0 Å². The molecule has 0 amide bonds. The maximum Gasteiger partial charge on any atom is 0.146 e. The van der Waals surface area contributed by atoms with Gasteiger partial charge in [-0.3, -0.25) is 0 Å². The molecule has 112 valence electrons. The first-order valence-electron chi connectivity index (χ1n) is 6.67. The van der Waals surface area contributed by atoms with E-state index in [0.29, 0.717) is 28.6 Å². The summed E-state index contributed by atoms with van der Waals surface area (Å²) < 4.78 is 24.6. The van der Waals surface area contributed by atoms with Crippen LogP contribution in [0.25, 0.3) is 0 Å². The molecular formula is C16H19FN2O2. The number of hydrogen-bond acceptors (Lipinski definition) is 4. The molecule has 0 spiro atoms. The molecule has 0 aliphatic carbocycles. The van der Waals surface area contributed by atoms with Gasteiger partial charge < -0.3 is 20.5 Å². The number of rotatable bonds is 5. The van der Waals surface area contributed by atoms with Gasteiger partial charge >= 0.3 is 0 Å². The summed E-state index contributed by atoms with van der Waals surface area (Å²) >= 11 is 0. The topological polar surface area (TPSA) is 56.5 Å². The molecule has 0 aliphatic rings. The molecule has 5 heteroatoms. The van der Waals surface area contributed by atoms with Crippen LogP contribution in [-0.2, 0) is 0 Å². The van der Waals surface area contributed by atoms with Crippen LogP contribution < -0.4 is 20.5 Å². The normalized spacial score (nSPS) is 10.5. The van der Waals surface area contributed by atoms with Gasteiger partial charge in [-0.05, 0) is 38.1 Å². The molecule has 3 N–H and O–H groups in total. The van der Waals surface area contributed by atoms with Crippen molar-refractivity contribution in [1.82, 2.24) is 0 Å². The first kappa shape index (κ1) is 15.0. The largest absolute Gasteiger partial charge is 0.497 e. The van der Waals surface area contributed by atoms with Crippen LogP contribution in [0.5, 0.6) is 11.5 Å². The Morgan fingerprint density at radius 3 is 2.57 bits per heavy atom. The van der Waals surface area contributed by atoms with Gasteiger partial charge in [-0.2, -0.15) is 0 Å². The second-order valence-corrected chi connectivity index (χ2v) is 4.85. The van der Waals surface area contributed by atoms with E-state index in [1.165, 1.54) is 13.2 Å². The fourth-order valence-corrected chi connectivity index (χ4v) is 1.88. The summed E-state index contributed by atoms with van der Waals surface area (Å²) in [5, 5.41) is 2.97. The molecule has 0 unspecified atom stereocenters. The van der Waals surface area contributed by atoms with Gasteiger partial charge in [0.25, 0.3) is 0 Å². The van der Waals surface area contributed by atoms with Crippen molar-refractivity contribution in [3.8, 4) is 11.5 Å². The molecule has 21 heavy (non-hydrogen) atoms. The molecular weight excluding hydrogens is 271 g/mol. The number of ether oxygens (including phenoxy) is 2. The highest BCUT2D eigenvalue weighted by Crippen LogP contribution is 2.33. The molecule has 0 radical (unpaired) electrons. The third kappa shape index (κ3) is 3.56. The Morgan fingerprint density at radius 2 is 1.90 bits per heavy atom. The van der Waals surface area contributed by atoms with E-state index >= 15 is 0 Å². The number of para-hydroxylation sites is 1. The molecule has 0 heterocycles. The van der Waals surface area contributed by atoms with Crippen LogP contribution in [0.1, 0.15) is 13.8 Å². The standard InChI is InChI=1S/C16H19FN2O2/c1-10(2)21-15-6-4-5-13(16(15)18)19-14-9-11(20-3)7-8-12(14)17/h4-10,19H,18H2,1-3H3. The predicted molar refractivity (Wildman–Crippen MR) is 82.9 cm³/mol. The highest BCUT2D eigenvalue weighted by molar-refractivity contribution is 5.77. The third-order valence-electron chi connectivity index (χ3n) is 2.87. The summed E-state index contributed by atoms with van der Waals surface area (Å²) in [6, 6.07) is 9.82. The molecule has 0 atom stereocenters. The number of halogens is 1. The SMILES string of the molecule is COc1ccc(F)c(Nc2cccc(OC(C)C)c2N)c1. The fourth-order valence-electron chi connectivity index (χ4n) is 1.88. The monoisotopic (exact) mass is 290 g/mol. The van der Waals surface area contributed by atoms with E-state index < -0.39 is 0 Å². The number of methoxy groups -OCH3 is 1. The molecule has 2 rings (SSSR count). The molecule has 2 aromatic carbocycles. The summed E-state index contributed by atoms with van der Waals surface area (Å²) in [5.74, 6) is 0.746. The Bertz CT molecular complexity index is 630. The zero-order valence-electron chi connectivity index (χ0n) is 12.3. The van der Waals surface area contributed by atoms with Crippen molar-refractivity contribution in [3.05, 3.63) is 42.2 Å². The lowest BCUT2D eigenvalue weighted by molar-refractivity contribution is 0.244. The van der Waals surface area contributed by atoms with E-state index in [2.05, 4.69) is 5.32 Å². The van der Waals surface area contributed by atoms with Crippen LogP contribution in [0, 0.1) is 5.82 Å². The van der Waals surface area contributed by atoms with Gasteiger partial charge in [0.1, 0.15) is 17.3 Å². The van der Waals surface area contributed by atoms with Gasteiger partial charge in [-0.1, -0.05) is 6.07 Å². The van der Waals surface area contributed by atoms with Crippen LogP contribution >= 0.6 is 0 Å². The van der Waals surface area contributed by atoms with Crippen LogP contribution in [0.15, 0.2) is 36.4 Å². The molecule has 0 aliphatic heterocycles. The zero-order valence-corrected chi connectivity index (χ0v) is 12.3. The first-order chi connectivity index (χ1) is 10.0. The van der Waals surface area contributed by atoms with Crippen LogP contribution in [-0.4, -0.2) is 13.2 Å². The summed E-state index contributed by atoms with van der Waals surface area (Å²) in [6.45, 7) is 3.84. The number of nitrogens with one attached hydrogen (secondary N) is 1. The molecule has 0 bridgehead atoms. The van der Waals surface area contributed by atoms with E-state index in [1.807, 2.05) is 13.8 Å². The Labute approximate surface area is 123 Å². The highest BCUT2D eigenvalue weighted by atomic mass is 19.1. The fraction of sp³-hybridized carbons (Fsp3) is 0.250. The molecule has 0 saturated heterocycles. The molecule has 0 saturated carbocycles. The average Bonchev–Trinajstić information content (AvgIpc) is 2.45. The lowest BCUT2D eigenvalue weighted by atomic mass is 10.2. The van der Waals surface area contributed by atoms with E-state index in [4.69, 9.17) is 15.2 Å². The van der Waals surface area contributed by atoms with Crippen LogP contribution in [0.4, 0.5) is 21.5 Å². The molecule has 0 aromatic heterocycles. The third-order valence-corrected chi connectivity index (χ3v) is 2.87. The number of nitrogen functional groups attached to an aromatic ring is 1. The van der Waals surface area contributed by atoms with E-state index in [0.717, 1.165) is 0 Å². The van der Waals surface area contributed by atoms with Gasteiger partial charge in [0.2, 0.25) is 0 Å². The second-order valence-electron chi connectivity index (χ2n) is 4.85. The van der Waals surface area contributed by atoms with Crippen molar-refractivity contribution in [2.75, 3.05) is 18.2 Å². The number of nitrogens with two attached hydrogens (primary N) is 1. The molecule has 2 aromatic rings. The summed E-state index contributed by atoms with van der Waals surface area (Å²) in [5.41, 5.74) is 7.38. The highest BCUT2D eigenvalue weighted by Gasteiger charge is 2.10. The summed E-state index contributed by atoms with van der Waals surface area (Å²) in [7, 11) is 1.53. The van der Waals surface area contributed by atoms with Crippen molar-refractivity contribution >= 4 is 17.1 Å². The molecule has 4 nitrogen and oxygen atoms in total. The maximum atomic E-state index is 13.8. The van der Waals surface area contributed by atoms with Gasteiger partial charge in [0.15, 0.2) is 0 Å². The number of hydrogen-bond donors (Lipinski definition) is 2.